The van der Waals surface area contributed by atoms with E-state index in [1.165, 1.54) is 6.21 Å². The van der Waals surface area contributed by atoms with Gasteiger partial charge < -0.3 is 16.0 Å². The van der Waals surface area contributed by atoms with Gasteiger partial charge in [0.1, 0.15) is 0 Å². The second-order valence-electron chi connectivity index (χ2n) is 5.92. The fraction of sp³-hybridized carbons (Fsp3) is 0.588. The van der Waals surface area contributed by atoms with Crippen LogP contribution in [0.4, 0.5) is 8.78 Å². The van der Waals surface area contributed by atoms with Crippen molar-refractivity contribution >= 4 is 6.21 Å². The quantitative estimate of drug-likeness (QED) is 0.360. The molecule has 0 radical (unpaired) electrons. The van der Waals surface area contributed by atoms with Gasteiger partial charge in [-0.15, -0.1) is 0 Å². The highest BCUT2D eigenvalue weighted by Gasteiger charge is 2.37. The fourth-order valence-corrected chi connectivity index (χ4v) is 2.84. The van der Waals surface area contributed by atoms with Gasteiger partial charge in [0.2, 0.25) is 5.92 Å². The molecule has 0 bridgehead atoms. The van der Waals surface area contributed by atoms with Gasteiger partial charge >= 0.3 is 0 Å². The average Bonchev–Trinajstić information content (AvgIpc) is 2.44. The molecule has 3 N–H and O–H groups in total. The number of rotatable bonds is 8. The summed E-state index contributed by atoms with van der Waals surface area (Å²) in [5.74, 6) is -2.39. The van der Waals surface area contributed by atoms with Crippen LogP contribution in [0.1, 0.15) is 39.5 Å². The summed E-state index contributed by atoms with van der Waals surface area (Å²) < 4.78 is 26.7. The molecule has 1 fully saturated rings. The van der Waals surface area contributed by atoms with E-state index in [1.54, 1.807) is 6.08 Å². The topological polar surface area (TPSA) is 47.9 Å². The third-order valence-corrected chi connectivity index (χ3v) is 4.04. The maximum absolute atomic E-state index is 13.3. The summed E-state index contributed by atoms with van der Waals surface area (Å²) in [5.41, 5.74) is 2.32. The van der Waals surface area contributed by atoms with Crippen LogP contribution in [0.15, 0.2) is 36.2 Å². The lowest BCUT2D eigenvalue weighted by atomic mass is 9.80. The average molecular weight is 311 g/mol. The van der Waals surface area contributed by atoms with Crippen molar-refractivity contribution in [3.8, 4) is 0 Å². The van der Waals surface area contributed by atoms with Gasteiger partial charge in [0, 0.05) is 31.6 Å². The van der Waals surface area contributed by atoms with Crippen molar-refractivity contribution in [3.05, 3.63) is 36.2 Å². The zero-order valence-corrected chi connectivity index (χ0v) is 13.5. The maximum atomic E-state index is 13.3. The number of likely N-dealkylation sites (N-methyl/N-ethyl adjacent to an activating group) is 1. The SMILES string of the molecule is C=C(NC(C(=C)C)C1CCC(F)(F)CC1)/C(=C/C=N)NCC. The van der Waals surface area contributed by atoms with Crippen LogP contribution in [-0.2, 0) is 0 Å². The highest BCUT2D eigenvalue weighted by molar-refractivity contribution is 5.70. The lowest BCUT2D eigenvalue weighted by Gasteiger charge is -2.35. The fourth-order valence-electron chi connectivity index (χ4n) is 2.84. The maximum Gasteiger partial charge on any atom is 0.248 e. The monoisotopic (exact) mass is 311 g/mol. The van der Waals surface area contributed by atoms with Crippen LogP contribution in [-0.4, -0.2) is 24.7 Å². The van der Waals surface area contributed by atoms with Crippen LogP contribution in [0.25, 0.3) is 0 Å². The molecule has 124 valence electrons. The molecule has 1 aliphatic rings. The molecule has 0 aromatic rings. The summed E-state index contributed by atoms with van der Waals surface area (Å²) in [6.07, 6.45) is 3.66. The Labute approximate surface area is 132 Å². The van der Waals surface area contributed by atoms with Gasteiger partial charge in [0.05, 0.1) is 11.4 Å². The van der Waals surface area contributed by atoms with Crippen LogP contribution in [0.2, 0.25) is 0 Å². The molecule has 5 heteroatoms. The first-order chi connectivity index (χ1) is 10.3. The van der Waals surface area contributed by atoms with Gasteiger partial charge in [0.25, 0.3) is 0 Å². The molecule has 0 aromatic heterocycles. The van der Waals surface area contributed by atoms with Gasteiger partial charge in [-0.1, -0.05) is 18.7 Å². The molecule has 1 atom stereocenters. The first-order valence-electron chi connectivity index (χ1n) is 7.74. The van der Waals surface area contributed by atoms with Crippen LogP contribution in [0.3, 0.4) is 0 Å². The molecule has 1 saturated carbocycles. The molecule has 0 saturated heterocycles. The zero-order chi connectivity index (χ0) is 16.8. The molecular formula is C17H27F2N3. The lowest BCUT2D eigenvalue weighted by molar-refractivity contribution is -0.0479. The minimum Gasteiger partial charge on any atom is -0.384 e. The van der Waals surface area contributed by atoms with E-state index in [0.29, 0.717) is 25.1 Å². The van der Waals surface area contributed by atoms with E-state index in [9.17, 15) is 8.78 Å². The molecule has 22 heavy (non-hydrogen) atoms. The predicted octanol–water partition coefficient (Wildman–Crippen LogP) is 4.00. The first kappa shape index (κ1) is 18.4. The van der Waals surface area contributed by atoms with Crippen LogP contribution in [0.5, 0.6) is 0 Å². The van der Waals surface area contributed by atoms with E-state index in [0.717, 1.165) is 11.3 Å². The van der Waals surface area contributed by atoms with E-state index in [4.69, 9.17) is 5.41 Å². The standard InChI is InChI=1S/C17H27F2N3/c1-5-21-15(8-11-20)13(4)22-16(12(2)3)14-6-9-17(18,19)10-7-14/h8,11,14,16,20-22H,2,4-7,9-10H2,1,3H3/b15-8-,20-11?. The van der Waals surface area contributed by atoms with Crippen LogP contribution >= 0.6 is 0 Å². The molecule has 1 rings (SSSR count). The largest absolute Gasteiger partial charge is 0.384 e. The van der Waals surface area contributed by atoms with Crippen molar-refractivity contribution in [2.45, 2.75) is 51.5 Å². The summed E-state index contributed by atoms with van der Waals surface area (Å²) in [7, 11) is 0. The van der Waals surface area contributed by atoms with E-state index in [1.807, 2.05) is 13.8 Å². The first-order valence-corrected chi connectivity index (χ1v) is 7.74. The van der Waals surface area contributed by atoms with Gasteiger partial charge in [-0.25, -0.2) is 8.78 Å². The van der Waals surface area contributed by atoms with Crippen molar-refractivity contribution in [2.75, 3.05) is 6.54 Å². The number of hydrogen-bond donors (Lipinski definition) is 3. The van der Waals surface area contributed by atoms with Crippen LogP contribution in [0, 0.1) is 11.3 Å². The normalized spacial score (nSPS) is 20.1. The Balaban J connectivity index is 2.76. The van der Waals surface area contributed by atoms with Crippen molar-refractivity contribution in [3.63, 3.8) is 0 Å². The minimum atomic E-state index is -2.53. The van der Waals surface area contributed by atoms with Crippen LogP contribution < -0.4 is 10.6 Å². The Morgan fingerprint density at radius 3 is 2.41 bits per heavy atom. The van der Waals surface area contributed by atoms with Gasteiger partial charge in [-0.3, -0.25) is 0 Å². The molecule has 3 nitrogen and oxygen atoms in total. The smallest absolute Gasteiger partial charge is 0.248 e. The molecule has 0 aromatic carbocycles. The van der Waals surface area contributed by atoms with Gasteiger partial charge in [-0.05, 0) is 38.7 Å². The van der Waals surface area contributed by atoms with Crippen molar-refractivity contribution in [1.82, 2.24) is 10.6 Å². The number of allylic oxidation sites excluding steroid dienone is 1. The minimum absolute atomic E-state index is 0.0635. The van der Waals surface area contributed by atoms with Crippen molar-refractivity contribution < 1.29 is 8.78 Å². The Bertz CT molecular complexity index is 445. The number of hydrogen-bond acceptors (Lipinski definition) is 3. The Morgan fingerprint density at radius 2 is 1.95 bits per heavy atom. The highest BCUT2D eigenvalue weighted by atomic mass is 19.3. The molecule has 1 aliphatic carbocycles. The number of nitrogens with one attached hydrogen (secondary N) is 3. The van der Waals surface area contributed by atoms with E-state index in [-0.39, 0.29) is 24.8 Å². The zero-order valence-electron chi connectivity index (χ0n) is 13.5. The summed E-state index contributed by atoms with van der Waals surface area (Å²) in [5, 5.41) is 13.7. The lowest BCUT2D eigenvalue weighted by Crippen LogP contribution is -2.41. The van der Waals surface area contributed by atoms with Gasteiger partial charge in [0.15, 0.2) is 0 Å². The van der Waals surface area contributed by atoms with Gasteiger partial charge in [-0.2, -0.15) is 0 Å². The molecule has 0 spiro atoms. The van der Waals surface area contributed by atoms with Crippen molar-refractivity contribution in [2.24, 2.45) is 5.92 Å². The summed E-state index contributed by atoms with van der Waals surface area (Å²) in [4.78, 5) is 0. The number of halogens is 2. The summed E-state index contributed by atoms with van der Waals surface area (Å²) in [6.45, 7) is 12.6. The third kappa shape index (κ3) is 5.28. The Morgan fingerprint density at radius 1 is 1.36 bits per heavy atom. The Kier molecular flexibility index (Phi) is 6.78. The Hall–Kier alpha value is -1.65. The predicted molar refractivity (Wildman–Crippen MR) is 88.3 cm³/mol. The summed E-state index contributed by atoms with van der Waals surface area (Å²) >= 11 is 0. The second-order valence-corrected chi connectivity index (χ2v) is 5.92. The number of alkyl halides is 2. The highest BCUT2D eigenvalue weighted by Crippen LogP contribution is 2.38. The second kappa shape index (κ2) is 8.11. The third-order valence-electron chi connectivity index (χ3n) is 4.04. The summed E-state index contributed by atoms with van der Waals surface area (Å²) in [6, 6.07) is -0.0728. The molecule has 0 heterocycles. The molecule has 0 aliphatic heterocycles. The molecule has 0 amide bonds. The van der Waals surface area contributed by atoms with E-state index >= 15 is 0 Å². The molecular weight excluding hydrogens is 284 g/mol. The molecule has 1 unspecified atom stereocenters. The van der Waals surface area contributed by atoms with E-state index in [2.05, 4.69) is 23.8 Å². The van der Waals surface area contributed by atoms with Crippen molar-refractivity contribution in [1.29, 1.82) is 5.41 Å². The van der Waals surface area contributed by atoms with E-state index < -0.39 is 5.92 Å².